The molecule has 64 valence electrons. The highest BCUT2D eigenvalue weighted by Crippen LogP contribution is 2.28. The quantitative estimate of drug-likeness (QED) is 0.657. The number of rotatable bonds is 2. The molecule has 0 saturated carbocycles. The van der Waals surface area contributed by atoms with E-state index in [4.69, 9.17) is 0 Å². The molecular weight excluding hydrogens is 152 g/mol. The van der Waals surface area contributed by atoms with Crippen molar-refractivity contribution in [3.63, 3.8) is 0 Å². The molecule has 0 aliphatic rings. The third-order valence-electron chi connectivity index (χ3n) is 1.70. The summed E-state index contributed by atoms with van der Waals surface area (Å²) in [5.41, 5.74) is 1.38. The van der Waals surface area contributed by atoms with Gasteiger partial charge in [0, 0.05) is 5.56 Å². The van der Waals surface area contributed by atoms with Crippen molar-refractivity contribution in [1.82, 2.24) is 0 Å². The first-order valence-electron chi connectivity index (χ1n) is 3.77. The van der Waals surface area contributed by atoms with Gasteiger partial charge in [-0.1, -0.05) is 6.08 Å². The first kappa shape index (κ1) is 8.65. The second-order valence-corrected chi connectivity index (χ2v) is 2.77. The zero-order chi connectivity index (χ0) is 9.14. The zero-order valence-corrected chi connectivity index (χ0v) is 7.04. The smallest absolute Gasteiger partial charge is 0.123 e. The topological polar surface area (TPSA) is 40.5 Å². The van der Waals surface area contributed by atoms with Gasteiger partial charge in [0.2, 0.25) is 0 Å². The van der Waals surface area contributed by atoms with E-state index < -0.39 is 0 Å². The number of phenolic OH excluding ortho intramolecular Hbond substituents is 2. The van der Waals surface area contributed by atoms with Crippen LogP contribution in [0.5, 0.6) is 11.5 Å². The summed E-state index contributed by atoms with van der Waals surface area (Å²) in [6.45, 7) is 5.35. The maximum atomic E-state index is 9.40. The Morgan fingerprint density at radius 3 is 2.25 bits per heavy atom. The Kier molecular flexibility index (Phi) is 2.38. The van der Waals surface area contributed by atoms with Gasteiger partial charge >= 0.3 is 0 Å². The molecule has 2 nitrogen and oxygen atoms in total. The molecule has 0 bridgehead atoms. The lowest BCUT2D eigenvalue weighted by Crippen LogP contribution is -1.85. The number of hydrogen-bond donors (Lipinski definition) is 2. The predicted molar refractivity (Wildman–Crippen MR) is 48.4 cm³/mol. The van der Waals surface area contributed by atoms with Gasteiger partial charge in [-0.05, 0) is 31.0 Å². The Bertz CT molecular complexity index is 280. The summed E-state index contributed by atoms with van der Waals surface area (Å²) in [5, 5.41) is 18.8. The van der Waals surface area contributed by atoms with Crippen LogP contribution < -0.4 is 0 Å². The van der Waals surface area contributed by atoms with Crippen LogP contribution in [-0.2, 0) is 6.42 Å². The van der Waals surface area contributed by atoms with E-state index in [1.165, 1.54) is 0 Å². The van der Waals surface area contributed by atoms with E-state index in [2.05, 4.69) is 6.58 Å². The molecule has 0 fully saturated rings. The average Bonchev–Trinajstić information content (AvgIpc) is 1.96. The fourth-order valence-electron chi connectivity index (χ4n) is 1.13. The van der Waals surface area contributed by atoms with Crippen LogP contribution in [0.15, 0.2) is 24.8 Å². The standard InChI is InChI=1S/C10H12O2/c1-3-4-8-9(11)5-7(2)6-10(8)12/h3,5-6,11-12H,1,4H2,2H3. The van der Waals surface area contributed by atoms with Gasteiger partial charge in [0.1, 0.15) is 11.5 Å². The molecular formula is C10H12O2. The van der Waals surface area contributed by atoms with Gasteiger partial charge in [0.15, 0.2) is 0 Å². The molecule has 0 aliphatic carbocycles. The van der Waals surface area contributed by atoms with Crippen LogP contribution in [0.25, 0.3) is 0 Å². The third-order valence-corrected chi connectivity index (χ3v) is 1.70. The largest absolute Gasteiger partial charge is 0.508 e. The third kappa shape index (κ3) is 1.59. The SMILES string of the molecule is C=CCc1c(O)cc(C)cc1O. The fourth-order valence-corrected chi connectivity index (χ4v) is 1.13. The summed E-state index contributed by atoms with van der Waals surface area (Å²) in [6, 6.07) is 3.25. The molecule has 0 aliphatic heterocycles. The molecule has 2 N–H and O–H groups in total. The van der Waals surface area contributed by atoms with E-state index in [9.17, 15) is 10.2 Å². The van der Waals surface area contributed by atoms with E-state index in [0.29, 0.717) is 12.0 Å². The molecule has 0 heterocycles. The van der Waals surface area contributed by atoms with Gasteiger partial charge in [-0.15, -0.1) is 6.58 Å². The normalized spacial score (nSPS) is 9.75. The molecule has 0 amide bonds. The minimum atomic E-state index is 0.132. The van der Waals surface area contributed by atoms with E-state index in [1.807, 2.05) is 6.92 Å². The summed E-state index contributed by atoms with van der Waals surface area (Å²) in [5.74, 6) is 0.264. The number of benzene rings is 1. The van der Waals surface area contributed by atoms with E-state index in [-0.39, 0.29) is 11.5 Å². The molecule has 2 heteroatoms. The van der Waals surface area contributed by atoms with Crippen LogP contribution in [0.1, 0.15) is 11.1 Å². The van der Waals surface area contributed by atoms with Crippen molar-refractivity contribution in [1.29, 1.82) is 0 Å². The first-order chi connectivity index (χ1) is 5.65. The summed E-state index contributed by atoms with van der Waals surface area (Å²) in [4.78, 5) is 0. The van der Waals surface area contributed by atoms with Crippen LogP contribution in [0.2, 0.25) is 0 Å². The van der Waals surface area contributed by atoms with Gasteiger partial charge in [-0.2, -0.15) is 0 Å². The lowest BCUT2D eigenvalue weighted by Gasteiger charge is -2.05. The van der Waals surface area contributed by atoms with Crippen LogP contribution >= 0.6 is 0 Å². The molecule has 0 saturated heterocycles. The number of aromatic hydroxyl groups is 2. The van der Waals surface area contributed by atoms with Crippen molar-refractivity contribution in [3.05, 3.63) is 35.9 Å². The highest BCUT2D eigenvalue weighted by atomic mass is 16.3. The molecule has 1 aromatic carbocycles. The Labute approximate surface area is 71.8 Å². The zero-order valence-electron chi connectivity index (χ0n) is 7.04. The molecule has 0 spiro atoms. The van der Waals surface area contributed by atoms with Crippen LogP contribution in [0, 0.1) is 6.92 Å². The van der Waals surface area contributed by atoms with Crippen molar-refractivity contribution in [3.8, 4) is 11.5 Å². The van der Waals surface area contributed by atoms with Crippen LogP contribution in [-0.4, -0.2) is 10.2 Å². The summed E-state index contributed by atoms with van der Waals surface area (Å²) < 4.78 is 0. The average molecular weight is 164 g/mol. The molecule has 12 heavy (non-hydrogen) atoms. The lowest BCUT2D eigenvalue weighted by molar-refractivity contribution is 0.440. The maximum Gasteiger partial charge on any atom is 0.123 e. The highest BCUT2D eigenvalue weighted by Gasteiger charge is 2.05. The van der Waals surface area contributed by atoms with Crippen LogP contribution in [0.3, 0.4) is 0 Å². The highest BCUT2D eigenvalue weighted by molar-refractivity contribution is 5.46. The van der Waals surface area contributed by atoms with Crippen molar-refractivity contribution >= 4 is 0 Å². The van der Waals surface area contributed by atoms with Gasteiger partial charge in [-0.25, -0.2) is 0 Å². The molecule has 0 unspecified atom stereocenters. The number of aryl methyl sites for hydroxylation is 1. The molecule has 1 rings (SSSR count). The minimum Gasteiger partial charge on any atom is -0.508 e. The molecule has 0 atom stereocenters. The summed E-state index contributed by atoms with van der Waals surface area (Å²) in [6.07, 6.45) is 2.13. The van der Waals surface area contributed by atoms with Gasteiger partial charge in [0.25, 0.3) is 0 Å². The van der Waals surface area contributed by atoms with E-state index in [0.717, 1.165) is 5.56 Å². The monoisotopic (exact) mass is 164 g/mol. The predicted octanol–water partition coefficient (Wildman–Crippen LogP) is 2.13. The van der Waals surface area contributed by atoms with Crippen molar-refractivity contribution in [2.75, 3.05) is 0 Å². The molecule has 1 aromatic rings. The Hall–Kier alpha value is -1.44. The second-order valence-electron chi connectivity index (χ2n) is 2.77. The molecule has 0 radical (unpaired) electrons. The van der Waals surface area contributed by atoms with E-state index >= 15 is 0 Å². The minimum absolute atomic E-state index is 0.132. The van der Waals surface area contributed by atoms with Gasteiger partial charge in [-0.3, -0.25) is 0 Å². The van der Waals surface area contributed by atoms with Gasteiger partial charge < -0.3 is 10.2 Å². The van der Waals surface area contributed by atoms with Crippen molar-refractivity contribution < 1.29 is 10.2 Å². The summed E-state index contributed by atoms with van der Waals surface area (Å²) in [7, 11) is 0. The number of hydrogen-bond acceptors (Lipinski definition) is 2. The number of phenols is 2. The Morgan fingerprint density at radius 2 is 1.83 bits per heavy atom. The Balaban J connectivity index is 3.18. The first-order valence-corrected chi connectivity index (χ1v) is 3.77. The summed E-state index contributed by atoms with van der Waals surface area (Å²) >= 11 is 0. The lowest BCUT2D eigenvalue weighted by atomic mass is 10.1. The van der Waals surface area contributed by atoms with Crippen molar-refractivity contribution in [2.45, 2.75) is 13.3 Å². The maximum absolute atomic E-state index is 9.40. The second kappa shape index (κ2) is 3.30. The van der Waals surface area contributed by atoms with Gasteiger partial charge in [0.05, 0.1) is 0 Å². The Morgan fingerprint density at radius 1 is 1.33 bits per heavy atom. The van der Waals surface area contributed by atoms with Crippen LogP contribution in [0.4, 0.5) is 0 Å². The molecule has 0 aromatic heterocycles. The fraction of sp³-hybridized carbons (Fsp3) is 0.200. The van der Waals surface area contributed by atoms with Crippen molar-refractivity contribution in [2.24, 2.45) is 0 Å². The van der Waals surface area contributed by atoms with E-state index in [1.54, 1.807) is 18.2 Å². The number of allylic oxidation sites excluding steroid dienone is 1.